The topological polar surface area (TPSA) is 53.7 Å². The average Bonchev–Trinajstić information content (AvgIpc) is 2.53. The third-order valence-electron chi connectivity index (χ3n) is 3.07. The van der Waals surface area contributed by atoms with Gasteiger partial charge in [0.2, 0.25) is 0 Å². The van der Waals surface area contributed by atoms with Crippen LogP contribution in [0.15, 0.2) is 36.4 Å². The van der Waals surface area contributed by atoms with Gasteiger partial charge in [0.05, 0.1) is 19.2 Å². The molecule has 2 rings (SSSR count). The molecule has 2 aromatic carbocycles. The zero-order chi connectivity index (χ0) is 15.2. The van der Waals surface area contributed by atoms with Crippen molar-refractivity contribution in [2.45, 2.75) is 13.2 Å². The summed E-state index contributed by atoms with van der Waals surface area (Å²) in [6.45, 7) is 0.845. The SMILES string of the molecule is COc1ccc(COc2ccc(CN)cc2Cl)cc1OC. The summed E-state index contributed by atoms with van der Waals surface area (Å²) in [5.74, 6) is 1.98. The normalized spacial score (nSPS) is 10.3. The Balaban J connectivity index is 2.09. The van der Waals surface area contributed by atoms with Crippen LogP contribution in [-0.4, -0.2) is 14.2 Å². The molecule has 2 aromatic rings. The Kier molecular flexibility index (Phi) is 5.31. The highest BCUT2D eigenvalue weighted by atomic mass is 35.5. The second-order valence-corrected chi connectivity index (χ2v) is 4.85. The third kappa shape index (κ3) is 3.80. The summed E-state index contributed by atoms with van der Waals surface area (Å²) in [6, 6.07) is 11.2. The van der Waals surface area contributed by atoms with Gasteiger partial charge in [-0.1, -0.05) is 23.7 Å². The van der Waals surface area contributed by atoms with E-state index in [1.165, 1.54) is 0 Å². The number of hydrogen-bond donors (Lipinski definition) is 1. The van der Waals surface area contributed by atoms with Gasteiger partial charge in [-0.15, -0.1) is 0 Å². The van der Waals surface area contributed by atoms with Crippen LogP contribution in [0.5, 0.6) is 17.2 Å². The summed E-state index contributed by atoms with van der Waals surface area (Å²) in [5, 5.41) is 0.554. The van der Waals surface area contributed by atoms with Crippen molar-refractivity contribution < 1.29 is 14.2 Å². The zero-order valence-electron chi connectivity index (χ0n) is 12.1. The molecule has 112 valence electrons. The molecule has 0 saturated carbocycles. The van der Waals surface area contributed by atoms with Gasteiger partial charge in [0, 0.05) is 6.54 Å². The predicted octanol–water partition coefficient (Wildman–Crippen LogP) is 3.39. The fraction of sp³-hybridized carbons (Fsp3) is 0.250. The smallest absolute Gasteiger partial charge is 0.161 e. The number of nitrogens with two attached hydrogens (primary N) is 1. The third-order valence-corrected chi connectivity index (χ3v) is 3.37. The molecule has 0 aromatic heterocycles. The largest absolute Gasteiger partial charge is 0.493 e. The van der Waals surface area contributed by atoms with Gasteiger partial charge in [-0.3, -0.25) is 0 Å². The van der Waals surface area contributed by atoms with E-state index in [0.717, 1.165) is 11.1 Å². The number of rotatable bonds is 6. The second kappa shape index (κ2) is 7.20. The first kappa shape index (κ1) is 15.5. The van der Waals surface area contributed by atoms with Crippen LogP contribution in [0.2, 0.25) is 5.02 Å². The standard InChI is InChI=1S/C16H18ClNO3/c1-19-15-6-4-12(8-16(15)20-2)10-21-14-5-3-11(9-18)7-13(14)17/h3-8H,9-10,18H2,1-2H3. The van der Waals surface area contributed by atoms with Crippen molar-refractivity contribution >= 4 is 11.6 Å². The lowest BCUT2D eigenvalue weighted by Crippen LogP contribution is -1.99. The number of hydrogen-bond acceptors (Lipinski definition) is 4. The summed E-state index contributed by atoms with van der Waals surface area (Å²) in [4.78, 5) is 0. The number of ether oxygens (including phenoxy) is 3. The Morgan fingerprint density at radius 3 is 2.19 bits per heavy atom. The van der Waals surface area contributed by atoms with E-state index in [4.69, 9.17) is 31.5 Å². The molecule has 0 aliphatic carbocycles. The minimum Gasteiger partial charge on any atom is -0.493 e. The lowest BCUT2D eigenvalue weighted by atomic mass is 10.2. The molecule has 5 heteroatoms. The molecule has 0 aliphatic rings. The van der Waals surface area contributed by atoms with Crippen molar-refractivity contribution in [3.63, 3.8) is 0 Å². The quantitative estimate of drug-likeness (QED) is 0.888. The summed E-state index contributed by atoms with van der Waals surface area (Å²) in [7, 11) is 3.21. The molecule has 0 unspecified atom stereocenters. The van der Waals surface area contributed by atoms with E-state index in [1.807, 2.05) is 36.4 Å². The minimum absolute atomic E-state index is 0.391. The highest BCUT2D eigenvalue weighted by Crippen LogP contribution is 2.29. The van der Waals surface area contributed by atoms with E-state index < -0.39 is 0 Å². The molecule has 0 amide bonds. The average molecular weight is 308 g/mol. The molecule has 0 heterocycles. The van der Waals surface area contributed by atoms with Crippen molar-refractivity contribution in [2.24, 2.45) is 5.73 Å². The predicted molar refractivity (Wildman–Crippen MR) is 83.2 cm³/mol. The highest BCUT2D eigenvalue weighted by molar-refractivity contribution is 6.32. The monoisotopic (exact) mass is 307 g/mol. The van der Waals surface area contributed by atoms with Crippen molar-refractivity contribution in [3.8, 4) is 17.2 Å². The van der Waals surface area contributed by atoms with Crippen molar-refractivity contribution in [1.29, 1.82) is 0 Å². The van der Waals surface area contributed by atoms with Gasteiger partial charge in [0.1, 0.15) is 12.4 Å². The maximum absolute atomic E-state index is 6.16. The summed E-state index contributed by atoms with van der Waals surface area (Å²) >= 11 is 6.16. The molecule has 4 nitrogen and oxygen atoms in total. The molecule has 0 saturated heterocycles. The van der Waals surface area contributed by atoms with Crippen LogP contribution in [0.3, 0.4) is 0 Å². The van der Waals surface area contributed by atoms with E-state index in [1.54, 1.807) is 14.2 Å². The van der Waals surface area contributed by atoms with Crippen LogP contribution in [-0.2, 0) is 13.2 Å². The van der Waals surface area contributed by atoms with E-state index in [2.05, 4.69) is 0 Å². The van der Waals surface area contributed by atoms with Crippen LogP contribution in [0.25, 0.3) is 0 Å². The van der Waals surface area contributed by atoms with Crippen molar-refractivity contribution in [3.05, 3.63) is 52.5 Å². The summed E-state index contributed by atoms with van der Waals surface area (Å²) in [5.41, 5.74) is 7.50. The van der Waals surface area contributed by atoms with Gasteiger partial charge in [-0.05, 0) is 35.4 Å². The number of benzene rings is 2. The molecule has 0 aliphatic heterocycles. The van der Waals surface area contributed by atoms with Gasteiger partial charge in [-0.2, -0.15) is 0 Å². The summed E-state index contributed by atoms with van der Waals surface area (Å²) < 4.78 is 16.2. The van der Waals surface area contributed by atoms with Crippen LogP contribution in [0, 0.1) is 0 Å². The Labute approximate surface area is 129 Å². The molecule has 0 fully saturated rings. The van der Waals surface area contributed by atoms with Crippen LogP contribution in [0.1, 0.15) is 11.1 Å². The molecule has 0 radical (unpaired) electrons. The Morgan fingerprint density at radius 2 is 1.57 bits per heavy atom. The van der Waals surface area contributed by atoms with Crippen LogP contribution in [0.4, 0.5) is 0 Å². The van der Waals surface area contributed by atoms with Gasteiger partial charge in [-0.25, -0.2) is 0 Å². The van der Waals surface area contributed by atoms with E-state index in [9.17, 15) is 0 Å². The lowest BCUT2D eigenvalue weighted by molar-refractivity contribution is 0.304. The molecular weight excluding hydrogens is 290 g/mol. The van der Waals surface area contributed by atoms with E-state index >= 15 is 0 Å². The number of halogens is 1. The second-order valence-electron chi connectivity index (χ2n) is 4.45. The Bertz CT molecular complexity index is 616. The van der Waals surface area contributed by atoms with Crippen LogP contribution < -0.4 is 19.9 Å². The maximum atomic E-state index is 6.16. The van der Waals surface area contributed by atoms with Gasteiger partial charge in [0.25, 0.3) is 0 Å². The fourth-order valence-electron chi connectivity index (χ4n) is 1.92. The Morgan fingerprint density at radius 1 is 0.905 bits per heavy atom. The summed E-state index contributed by atoms with van der Waals surface area (Å²) in [6.07, 6.45) is 0. The van der Waals surface area contributed by atoms with Gasteiger partial charge < -0.3 is 19.9 Å². The van der Waals surface area contributed by atoms with Gasteiger partial charge in [0.15, 0.2) is 11.5 Å². The van der Waals surface area contributed by atoms with E-state index in [-0.39, 0.29) is 0 Å². The van der Waals surface area contributed by atoms with Crippen LogP contribution >= 0.6 is 11.6 Å². The Hall–Kier alpha value is -1.91. The van der Waals surface area contributed by atoms with Crippen molar-refractivity contribution in [2.75, 3.05) is 14.2 Å². The lowest BCUT2D eigenvalue weighted by Gasteiger charge is -2.12. The first-order chi connectivity index (χ1) is 10.2. The minimum atomic E-state index is 0.391. The highest BCUT2D eigenvalue weighted by Gasteiger charge is 2.07. The maximum Gasteiger partial charge on any atom is 0.161 e. The van der Waals surface area contributed by atoms with E-state index in [0.29, 0.717) is 35.4 Å². The first-order valence-electron chi connectivity index (χ1n) is 6.50. The van der Waals surface area contributed by atoms with Crippen molar-refractivity contribution in [1.82, 2.24) is 0 Å². The molecule has 2 N–H and O–H groups in total. The first-order valence-corrected chi connectivity index (χ1v) is 6.88. The van der Waals surface area contributed by atoms with Gasteiger partial charge >= 0.3 is 0 Å². The number of methoxy groups -OCH3 is 2. The fourth-order valence-corrected chi connectivity index (χ4v) is 2.18. The zero-order valence-corrected chi connectivity index (χ0v) is 12.8. The molecular formula is C16H18ClNO3. The molecule has 21 heavy (non-hydrogen) atoms. The molecule has 0 spiro atoms. The molecule has 0 atom stereocenters. The molecule has 0 bridgehead atoms.